The molecule has 1 aromatic heterocycles. The SMILES string of the molecule is CC(C)C1CCC(NC(=O)c2n[nH]c3c(F)cccc3c2=O)CC1. The van der Waals surface area contributed by atoms with Crippen LogP contribution in [0.1, 0.15) is 50.0 Å². The van der Waals surface area contributed by atoms with E-state index in [1.54, 1.807) is 0 Å². The van der Waals surface area contributed by atoms with E-state index in [9.17, 15) is 14.0 Å². The molecule has 0 aliphatic heterocycles. The quantitative estimate of drug-likeness (QED) is 0.908. The molecule has 1 saturated carbocycles. The largest absolute Gasteiger partial charge is 0.348 e. The maximum absolute atomic E-state index is 13.7. The number of nitrogens with zero attached hydrogens (tertiary/aromatic N) is 1. The smallest absolute Gasteiger partial charge is 0.276 e. The van der Waals surface area contributed by atoms with Gasteiger partial charge < -0.3 is 5.32 Å². The van der Waals surface area contributed by atoms with Crippen molar-refractivity contribution in [3.63, 3.8) is 0 Å². The van der Waals surface area contributed by atoms with Crippen LogP contribution < -0.4 is 10.7 Å². The van der Waals surface area contributed by atoms with E-state index >= 15 is 0 Å². The molecule has 6 heteroatoms. The van der Waals surface area contributed by atoms with Crippen LogP contribution in [-0.4, -0.2) is 22.1 Å². The third-order valence-corrected chi connectivity index (χ3v) is 5.02. The van der Waals surface area contributed by atoms with E-state index in [0.717, 1.165) is 25.7 Å². The number of aromatic nitrogens is 2. The zero-order valence-electron chi connectivity index (χ0n) is 13.9. The van der Waals surface area contributed by atoms with Gasteiger partial charge in [0.05, 0.1) is 5.39 Å². The van der Waals surface area contributed by atoms with Crippen LogP contribution in [0.5, 0.6) is 0 Å². The monoisotopic (exact) mass is 331 g/mol. The molecule has 1 aliphatic carbocycles. The molecule has 1 aromatic carbocycles. The number of hydrogen-bond acceptors (Lipinski definition) is 3. The van der Waals surface area contributed by atoms with E-state index < -0.39 is 17.2 Å². The standard InChI is InChI=1S/C18H22FN3O2/c1-10(2)11-6-8-12(9-7-11)20-18(24)16-17(23)13-4-3-5-14(19)15(13)21-22-16/h3-5,10-12H,6-9H2,1-2H3,(H,20,24)(H,21,23). The summed E-state index contributed by atoms with van der Waals surface area (Å²) in [5, 5.41) is 9.31. The molecule has 0 saturated heterocycles. The Labute approximate surface area is 139 Å². The molecule has 2 aromatic rings. The van der Waals surface area contributed by atoms with E-state index in [-0.39, 0.29) is 22.6 Å². The fourth-order valence-corrected chi connectivity index (χ4v) is 3.45. The number of benzene rings is 1. The van der Waals surface area contributed by atoms with Gasteiger partial charge in [-0.25, -0.2) is 4.39 Å². The first-order valence-electron chi connectivity index (χ1n) is 8.45. The van der Waals surface area contributed by atoms with Crippen molar-refractivity contribution < 1.29 is 9.18 Å². The molecular weight excluding hydrogens is 309 g/mol. The number of fused-ring (bicyclic) bond motifs is 1. The number of hydrogen-bond donors (Lipinski definition) is 2. The average Bonchev–Trinajstić information content (AvgIpc) is 2.56. The molecule has 0 bridgehead atoms. The first-order chi connectivity index (χ1) is 11.5. The first kappa shape index (κ1) is 16.6. The van der Waals surface area contributed by atoms with E-state index in [4.69, 9.17) is 0 Å². The lowest BCUT2D eigenvalue weighted by Crippen LogP contribution is -2.40. The Balaban J connectivity index is 1.76. The van der Waals surface area contributed by atoms with Crippen LogP contribution in [0.25, 0.3) is 10.9 Å². The number of carbonyl (C=O) groups is 1. The van der Waals surface area contributed by atoms with E-state index in [2.05, 4.69) is 29.4 Å². The summed E-state index contributed by atoms with van der Waals surface area (Å²) in [6, 6.07) is 4.25. The Morgan fingerprint density at radius 1 is 1.29 bits per heavy atom. The molecule has 1 fully saturated rings. The average molecular weight is 331 g/mol. The highest BCUT2D eigenvalue weighted by Crippen LogP contribution is 2.29. The fraction of sp³-hybridized carbons (Fsp3) is 0.500. The van der Waals surface area contributed by atoms with E-state index in [0.29, 0.717) is 11.8 Å². The molecule has 2 N–H and O–H groups in total. The third kappa shape index (κ3) is 3.18. The summed E-state index contributed by atoms with van der Waals surface area (Å²) in [4.78, 5) is 24.8. The van der Waals surface area contributed by atoms with Crippen molar-refractivity contribution in [3.8, 4) is 0 Å². The summed E-state index contributed by atoms with van der Waals surface area (Å²) in [6.07, 6.45) is 3.98. The number of aromatic amines is 1. The molecule has 1 aliphatic rings. The number of H-pyrrole nitrogens is 1. The van der Waals surface area contributed by atoms with Crippen LogP contribution in [0, 0.1) is 17.7 Å². The number of rotatable bonds is 3. The van der Waals surface area contributed by atoms with Gasteiger partial charge in [-0.1, -0.05) is 19.9 Å². The Hall–Kier alpha value is -2.24. The van der Waals surface area contributed by atoms with Crippen molar-refractivity contribution >= 4 is 16.8 Å². The molecule has 0 radical (unpaired) electrons. The third-order valence-electron chi connectivity index (χ3n) is 5.02. The number of amides is 1. The second kappa shape index (κ2) is 6.71. The zero-order chi connectivity index (χ0) is 17.3. The van der Waals surface area contributed by atoms with Crippen molar-refractivity contribution in [3.05, 3.63) is 39.9 Å². The van der Waals surface area contributed by atoms with Crippen LogP contribution in [0.3, 0.4) is 0 Å². The molecule has 3 rings (SSSR count). The van der Waals surface area contributed by atoms with Gasteiger partial charge in [0.1, 0.15) is 11.3 Å². The van der Waals surface area contributed by atoms with Gasteiger partial charge in [0.2, 0.25) is 5.43 Å². The predicted molar refractivity (Wildman–Crippen MR) is 90.4 cm³/mol. The van der Waals surface area contributed by atoms with Crippen LogP contribution >= 0.6 is 0 Å². The molecule has 5 nitrogen and oxygen atoms in total. The molecular formula is C18H22FN3O2. The molecule has 1 heterocycles. The normalized spacial score (nSPS) is 21.2. The van der Waals surface area contributed by atoms with Gasteiger partial charge in [0.15, 0.2) is 5.69 Å². The van der Waals surface area contributed by atoms with Gasteiger partial charge in [-0.3, -0.25) is 14.7 Å². The summed E-state index contributed by atoms with van der Waals surface area (Å²) in [7, 11) is 0. The highest BCUT2D eigenvalue weighted by molar-refractivity contribution is 5.95. The predicted octanol–water partition coefficient (Wildman–Crippen LogP) is 3.01. The number of para-hydroxylation sites is 1. The van der Waals surface area contributed by atoms with Gasteiger partial charge in [0, 0.05) is 6.04 Å². The second-order valence-electron chi connectivity index (χ2n) is 6.89. The van der Waals surface area contributed by atoms with Crippen molar-refractivity contribution in [2.75, 3.05) is 0 Å². The highest BCUT2D eigenvalue weighted by atomic mass is 19.1. The van der Waals surface area contributed by atoms with Crippen LogP contribution in [0.4, 0.5) is 4.39 Å². The van der Waals surface area contributed by atoms with Crippen molar-refractivity contribution in [2.24, 2.45) is 11.8 Å². The minimum absolute atomic E-state index is 0.0245. The van der Waals surface area contributed by atoms with E-state index in [1.165, 1.54) is 18.2 Å². The van der Waals surface area contributed by atoms with Gasteiger partial charge in [-0.15, -0.1) is 0 Å². The lowest BCUT2D eigenvalue weighted by Gasteiger charge is -2.31. The second-order valence-corrected chi connectivity index (χ2v) is 6.89. The fourth-order valence-electron chi connectivity index (χ4n) is 3.45. The Bertz CT molecular complexity index is 808. The topological polar surface area (TPSA) is 74.8 Å². The minimum Gasteiger partial charge on any atom is -0.348 e. The maximum atomic E-state index is 13.7. The van der Waals surface area contributed by atoms with Crippen LogP contribution in [0.15, 0.2) is 23.0 Å². The van der Waals surface area contributed by atoms with Gasteiger partial charge >= 0.3 is 0 Å². The van der Waals surface area contributed by atoms with Crippen LogP contribution in [0.2, 0.25) is 0 Å². The molecule has 128 valence electrons. The summed E-state index contributed by atoms with van der Waals surface area (Å²) >= 11 is 0. The molecule has 0 atom stereocenters. The minimum atomic E-state index is -0.559. The maximum Gasteiger partial charge on any atom is 0.276 e. The summed E-state index contributed by atoms with van der Waals surface area (Å²) in [5.74, 6) is 0.302. The Morgan fingerprint density at radius 2 is 2.00 bits per heavy atom. The highest BCUT2D eigenvalue weighted by Gasteiger charge is 2.26. The zero-order valence-corrected chi connectivity index (χ0v) is 13.9. The molecule has 0 unspecified atom stereocenters. The Morgan fingerprint density at radius 3 is 2.67 bits per heavy atom. The van der Waals surface area contributed by atoms with Gasteiger partial charge in [-0.05, 0) is 49.7 Å². The van der Waals surface area contributed by atoms with Gasteiger partial charge in [0.25, 0.3) is 5.91 Å². The van der Waals surface area contributed by atoms with Crippen molar-refractivity contribution in [1.82, 2.24) is 15.5 Å². The molecule has 24 heavy (non-hydrogen) atoms. The van der Waals surface area contributed by atoms with Crippen LogP contribution in [-0.2, 0) is 0 Å². The molecule has 0 spiro atoms. The summed E-state index contributed by atoms with van der Waals surface area (Å²) < 4.78 is 13.7. The lowest BCUT2D eigenvalue weighted by atomic mass is 9.80. The van der Waals surface area contributed by atoms with Gasteiger partial charge in [-0.2, -0.15) is 5.10 Å². The van der Waals surface area contributed by atoms with Crippen molar-refractivity contribution in [1.29, 1.82) is 0 Å². The summed E-state index contributed by atoms with van der Waals surface area (Å²) in [6.45, 7) is 4.45. The van der Waals surface area contributed by atoms with E-state index in [1.807, 2.05) is 0 Å². The number of carbonyl (C=O) groups excluding carboxylic acids is 1. The first-order valence-corrected chi connectivity index (χ1v) is 8.45. The Kier molecular flexibility index (Phi) is 4.64. The molecule has 1 amide bonds. The summed E-state index contributed by atoms with van der Waals surface area (Å²) in [5.41, 5.74) is -0.729. The number of halogens is 1. The lowest BCUT2D eigenvalue weighted by molar-refractivity contribution is 0.0911. The van der Waals surface area contributed by atoms with Crippen molar-refractivity contribution in [2.45, 2.75) is 45.6 Å². The number of nitrogens with one attached hydrogen (secondary N) is 2.